The van der Waals surface area contributed by atoms with Crippen molar-refractivity contribution >= 4 is 11.7 Å². The number of anilines is 1. The topological polar surface area (TPSA) is 70.2 Å². The van der Waals surface area contributed by atoms with E-state index in [9.17, 15) is 18.0 Å². The third-order valence-electron chi connectivity index (χ3n) is 4.48. The second-order valence-corrected chi connectivity index (χ2v) is 6.38. The molecule has 1 amide bonds. The van der Waals surface area contributed by atoms with E-state index < -0.39 is 11.9 Å². The lowest BCUT2D eigenvalue weighted by molar-refractivity contribution is -0.141. The third kappa shape index (κ3) is 4.34. The van der Waals surface area contributed by atoms with Gasteiger partial charge >= 0.3 is 6.18 Å². The zero-order chi connectivity index (χ0) is 17.2. The van der Waals surface area contributed by atoms with Crippen molar-refractivity contribution in [2.75, 3.05) is 31.5 Å². The van der Waals surface area contributed by atoms with Gasteiger partial charge in [-0.2, -0.15) is 13.2 Å². The first-order valence-corrected chi connectivity index (χ1v) is 8.05. The molecule has 3 heterocycles. The van der Waals surface area contributed by atoms with Gasteiger partial charge in [0.05, 0.1) is 0 Å². The van der Waals surface area contributed by atoms with E-state index in [1.807, 2.05) is 0 Å². The van der Waals surface area contributed by atoms with Crippen LogP contribution in [0.15, 0.2) is 12.4 Å². The SMILES string of the molecule is O=C1CC(CN2CCC(Nc3cc(C(F)(F)F)ncn3)CC2)CN1. The van der Waals surface area contributed by atoms with Gasteiger partial charge in [-0.1, -0.05) is 0 Å². The van der Waals surface area contributed by atoms with E-state index >= 15 is 0 Å². The summed E-state index contributed by atoms with van der Waals surface area (Å²) in [6.07, 6.45) is -1.28. The van der Waals surface area contributed by atoms with E-state index in [0.717, 1.165) is 51.4 Å². The summed E-state index contributed by atoms with van der Waals surface area (Å²) in [5.41, 5.74) is -0.934. The van der Waals surface area contributed by atoms with Gasteiger partial charge in [-0.3, -0.25) is 4.79 Å². The molecule has 1 atom stereocenters. The fourth-order valence-electron chi connectivity index (χ4n) is 3.22. The molecule has 2 aliphatic rings. The molecule has 0 bridgehead atoms. The summed E-state index contributed by atoms with van der Waals surface area (Å²) in [6, 6.07) is 1.04. The molecule has 0 spiro atoms. The second kappa shape index (κ2) is 6.92. The lowest BCUT2D eigenvalue weighted by Gasteiger charge is -2.33. The molecule has 0 radical (unpaired) electrons. The first-order valence-electron chi connectivity index (χ1n) is 8.05. The summed E-state index contributed by atoms with van der Waals surface area (Å²) in [4.78, 5) is 20.7. The van der Waals surface area contributed by atoms with Crippen molar-refractivity contribution in [3.8, 4) is 0 Å². The number of piperidine rings is 1. The van der Waals surface area contributed by atoms with E-state index in [1.54, 1.807) is 0 Å². The molecule has 0 aromatic carbocycles. The highest BCUT2D eigenvalue weighted by Gasteiger charge is 2.33. The van der Waals surface area contributed by atoms with Crippen LogP contribution in [0.5, 0.6) is 0 Å². The van der Waals surface area contributed by atoms with Gasteiger partial charge < -0.3 is 15.5 Å². The Morgan fingerprint density at radius 2 is 2.04 bits per heavy atom. The second-order valence-electron chi connectivity index (χ2n) is 6.38. The monoisotopic (exact) mass is 343 g/mol. The molecule has 9 heteroatoms. The van der Waals surface area contributed by atoms with Crippen LogP contribution in [0, 0.1) is 5.92 Å². The Kier molecular flexibility index (Phi) is 4.88. The molecule has 24 heavy (non-hydrogen) atoms. The molecule has 2 N–H and O–H groups in total. The molecular weight excluding hydrogens is 323 g/mol. The fraction of sp³-hybridized carbons (Fsp3) is 0.667. The first kappa shape index (κ1) is 16.9. The van der Waals surface area contributed by atoms with Crippen molar-refractivity contribution < 1.29 is 18.0 Å². The van der Waals surface area contributed by atoms with Crippen molar-refractivity contribution in [1.82, 2.24) is 20.2 Å². The standard InChI is InChI=1S/C15H20F3N5O/c16-15(17,18)12-6-13(21-9-20-12)22-11-1-3-23(4-2-11)8-10-5-14(24)19-7-10/h6,9-11H,1-5,7-8H2,(H,19,24)(H,20,21,22). The van der Waals surface area contributed by atoms with E-state index in [0.29, 0.717) is 12.3 Å². The largest absolute Gasteiger partial charge is 0.433 e. The number of hydrogen-bond donors (Lipinski definition) is 2. The number of hydrogen-bond acceptors (Lipinski definition) is 5. The summed E-state index contributed by atoms with van der Waals surface area (Å²) in [7, 11) is 0. The molecule has 2 fully saturated rings. The number of aromatic nitrogens is 2. The zero-order valence-corrected chi connectivity index (χ0v) is 13.1. The molecule has 0 saturated carbocycles. The van der Waals surface area contributed by atoms with Crippen LogP contribution in [0.25, 0.3) is 0 Å². The lowest BCUT2D eigenvalue weighted by atomic mass is 10.0. The van der Waals surface area contributed by atoms with Gasteiger partial charge in [0.25, 0.3) is 0 Å². The zero-order valence-electron chi connectivity index (χ0n) is 13.1. The quantitative estimate of drug-likeness (QED) is 0.867. The Labute approximate surface area is 137 Å². The number of carbonyl (C=O) groups excluding carboxylic acids is 1. The Balaban J connectivity index is 1.48. The summed E-state index contributed by atoms with van der Waals surface area (Å²) < 4.78 is 38.0. The van der Waals surface area contributed by atoms with E-state index in [2.05, 4.69) is 25.5 Å². The molecule has 1 aromatic rings. The Hall–Kier alpha value is -1.90. The average molecular weight is 343 g/mol. The van der Waals surface area contributed by atoms with Gasteiger partial charge in [0, 0.05) is 44.7 Å². The van der Waals surface area contributed by atoms with Crippen LogP contribution in [0.1, 0.15) is 25.0 Å². The summed E-state index contributed by atoms with van der Waals surface area (Å²) in [6.45, 7) is 3.34. The predicted molar refractivity (Wildman–Crippen MR) is 81.2 cm³/mol. The van der Waals surface area contributed by atoms with Gasteiger partial charge in [-0.25, -0.2) is 9.97 Å². The highest BCUT2D eigenvalue weighted by molar-refractivity contribution is 5.78. The molecular formula is C15H20F3N5O. The summed E-state index contributed by atoms with van der Waals surface area (Å²) in [5, 5.41) is 5.90. The number of nitrogens with one attached hydrogen (secondary N) is 2. The van der Waals surface area contributed by atoms with Crippen molar-refractivity contribution in [1.29, 1.82) is 0 Å². The Morgan fingerprint density at radius 3 is 2.67 bits per heavy atom. The molecule has 1 unspecified atom stereocenters. The minimum atomic E-state index is -4.46. The van der Waals surface area contributed by atoms with Crippen molar-refractivity contribution in [2.24, 2.45) is 5.92 Å². The van der Waals surface area contributed by atoms with E-state index in [4.69, 9.17) is 0 Å². The third-order valence-corrected chi connectivity index (χ3v) is 4.48. The molecule has 6 nitrogen and oxygen atoms in total. The van der Waals surface area contributed by atoms with Crippen molar-refractivity contribution in [3.05, 3.63) is 18.1 Å². The number of alkyl halides is 3. The van der Waals surface area contributed by atoms with Crippen LogP contribution in [-0.4, -0.2) is 53.0 Å². The maximum absolute atomic E-state index is 12.7. The molecule has 0 aliphatic carbocycles. The summed E-state index contributed by atoms with van der Waals surface area (Å²) >= 11 is 0. The summed E-state index contributed by atoms with van der Waals surface area (Å²) in [5.74, 6) is 0.681. The normalized spacial score (nSPS) is 23.3. The van der Waals surface area contributed by atoms with Gasteiger partial charge in [0.2, 0.25) is 5.91 Å². The molecule has 3 rings (SSSR count). The molecule has 1 aromatic heterocycles. The average Bonchev–Trinajstić information content (AvgIpc) is 2.94. The highest BCUT2D eigenvalue weighted by atomic mass is 19.4. The van der Waals surface area contributed by atoms with Crippen LogP contribution >= 0.6 is 0 Å². The maximum Gasteiger partial charge on any atom is 0.433 e. The van der Waals surface area contributed by atoms with Gasteiger partial charge in [-0.05, 0) is 18.8 Å². The minimum absolute atomic E-state index is 0.0977. The Bertz CT molecular complexity index is 587. The number of likely N-dealkylation sites (tertiary alicyclic amines) is 1. The molecule has 2 saturated heterocycles. The van der Waals surface area contributed by atoms with Gasteiger partial charge in [-0.15, -0.1) is 0 Å². The number of amides is 1. The number of halogens is 3. The Morgan fingerprint density at radius 1 is 1.29 bits per heavy atom. The van der Waals surface area contributed by atoms with Crippen LogP contribution < -0.4 is 10.6 Å². The number of nitrogens with zero attached hydrogens (tertiary/aromatic N) is 3. The van der Waals surface area contributed by atoms with Gasteiger partial charge in [0.15, 0.2) is 0 Å². The fourth-order valence-corrected chi connectivity index (χ4v) is 3.22. The highest BCUT2D eigenvalue weighted by Crippen LogP contribution is 2.28. The molecule has 132 valence electrons. The lowest BCUT2D eigenvalue weighted by Crippen LogP contribution is -2.41. The van der Waals surface area contributed by atoms with Crippen LogP contribution in [0.3, 0.4) is 0 Å². The van der Waals surface area contributed by atoms with Crippen LogP contribution in [0.4, 0.5) is 19.0 Å². The predicted octanol–water partition coefficient (Wildman–Crippen LogP) is 1.51. The van der Waals surface area contributed by atoms with Crippen LogP contribution in [-0.2, 0) is 11.0 Å². The van der Waals surface area contributed by atoms with E-state index in [1.165, 1.54) is 0 Å². The maximum atomic E-state index is 12.7. The minimum Gasteiger partial charge on any atom is -0.367 e. The van der Waals surface area contributed by atoms with Crippen molar-refractivity contribution in [3.63, 3.8) is 0 Å². The molecule has 2 aliphatic heterocycles. The van der Waals surface area contributed by atoms with Crippen LogP contribution in [0.2, 0.25) is 0 Å². The number of carbonyl (C=O) groups is 1. The number of rotatable bonds is 4. The van der Waals surface area contributed by atoms with E-state index in [-0.39, 0.29) is 17.8 Å². The van der Waals surface area contributed by atoms with Gasteiger partial charge in [0.1, 0.15) is 17.8 Å². The smallest absolute Gasteiger partial charge is 0.367 e. The first-order chi connectivity index (χ1) is 11.4. The van der Waals surface area contributed by atoms with Crippen molar-refractivity contribution in [2.45, 2.75) is 31.5 Å².